The van der Waals surface area contributed by atoms with Gasteiger partial charge in [-0.05, 0) is 38.5 Å². The van der Waals surface area contributed by atoms with Crippen molar-refractivity contribution in [3.63, 3.8) is 0 Å². The van der Waals surface area contributed by atoms with E-state index in [0.717, 1.165) is 0 Å². The van der Waals surface area contributed by atoms with E-state index in [1.807, 2.05) is 0 Å². The first-order valence-corrected chi connectivity index (χ1v) is 7.42. The van der Waals surface area contributed by atoms with Crippen LogP contribution in [-0.2, 0) is 25.5 Å². The molecular formula is C15H18BrFO4. The Morgan fingerprint density at radius 2 is 1.71 bits per heavy atom. The van der Waals surface area contributed by atoms with Gasteiger partial charge < -0.3 is 9.47 Å². The second-order valence-electron chi connectivity index (χ2n) is 4.69. The fraction of sp³-hybridized carbons (Fsp3) is 0.467. The van der Waals surface area contributed by atoms with Crippen LogP contribution in [-0.4, -0.2) is 25.2 Å². The molecule has 0 spiro atoms. The molecule has 0 bridgehead atoms. The van der Waals surface area contributed by atoms with Gasteiger partial charge >= 0.3 is 11.9 Å². The van der Waals surface area contributed by atoms with Gasteiger partial charge in [-0.25, -0.2) is 4.39 Å². The molecule has 0 amide bonds. The van der Waals surface area contributed by atoms with Crippen molar-refractivity contribution in [2.24, 2.45) is 5.41 Å². The third-order valence-corrected chi connectivity index (χ3v) is 3.50. The summed E-state index contributed by atoms with van der Waals surface area (Å²) in [5.41, 5.74) is -1.32. The predicted molar refractivity (Wildman–Crippen MR) is 79.2 cm³/mol. The standard InChI is InChI=1S/C15H18BrFO4/c1-4-20-13(18)15(3,14(19)21-5-2)9-10-6-7-11(16)8-12(10)17/h6-8H,4-5,9H2,1-3H3. The van der Waals surface area contributed by atoms with Crippen LogP contribution in [0.1, 0.15) is 26.3 Å². The summed E-state index contributed by atoms with van der Waals surface area (Å²) in [7, 11) is 0. The van der Waals surface area contributed by atoms with Crippen molar-refractivity contribution in [2.45, 2.75) is 27.2 Å². The van der Waals surface area contributed by atoms with Crippen LogP contribution in [0.15, 0.2) is 22.7 Å². The van der Waals surface area contributed by atoms with E-state index >= 15 is 0 Å². The molecule has 0 fully saturated rings. The number of hydrogen-bond donors (Lipinski definition) is 0. The lowest BCUT2D eigenvalue weighted by atomic mass is 9.83. The molecule has 0 aliphatic rings. The molecule has 1 rings (SSSR count). The fourth-order valence-electron chi connectivity index (χ4n) is 1.85. The maximum Gasteiger partial charge on any atom is 0.323 e. The highest BCUT2D eigenvalue weighted by Gasteiger charge is 2.44. The van der Waals surface area contributed by atoms with Crippen molar-refractivity contribution in [3.8, 4) is 0 Å². The molecule has 0 aromatic heterocycles. The summed E-state index contributed by atoms with van der Waals surface area (Å²) in [6, 6.07) is 4.46. The summed E-state index contributed by atoms with van der Waals surface area (Å²) < 4.78 is 24.4. The smallest absolute Gasteiger partial charge is 0.323 e. The van der Waals surface area contributed by atoms with Crippen LogP contribution >= 0.6 is 15.9 Å². The summed E-state index contributed by atoms with van der Waals surface area (Å²) >= 11 is 3.16. The van der Waals surface area contributed by atoms with Gasteiger partial charge in [0.2, 0.25) is 0 Å². The molecule has 1 aromatic rings. The summed E-state index contributed by atoms with van der Waals surface area (Å²) in [6.07, 6.45) is -0.121. The number of benzene rings is 1. The Morgan fingerprint density at radius 3 is 2.14 bits per heavy atom. The van der Waals surface area contributed by atoms with Crippen molar-refractivity contribution in [3.05, 3.63) is 34.1 Å². The number of carbonyl (C=O) groups excluding carboxylic acids is 2. The van der Waals surface area contributed by atoms with Crippen LogP contribution in [0.2, 0.25) is 0 Å². The van der Waals surface area contributed by atoms with Crippen molar-refractivity contribution < 1.29 is 23.5 Å². The van der Waals surface area contributed by atoms with Gasteiger partial charge in [0.15, 0.2) is 5.41 Å². The zero-order valence-electron chi connectivity index (χ0n) is 12.2. The van der Waals surface area contributed by atoms with Crippen molar-refractivity contribution in [1.82, 2.24) is 0 Å². The van der Waals surface area contributed by atoms with Crippen LogP contribution in [0.5, 0.6) is 0 Å². The highest BCUT2D eigenvalue weighted by Crippen LogP contribution is 2.29. The third-order valence-electron chi connectivity index (χ3n) is 3.01. The number of ether oxygens (including phenoxy) is 2. The van der Waals surface area contributed by atoms with E-state index in [4.69, 9.17) is 9.47 Å². The molecule has 0 radical (unpaired) electrons. The molecular weight excluding hydrogens is 343 g/mol. The quantitative estimate of drug-likeness (QED) is 0.577. The second-order valence-corrected chi connectivity index (χ2v) is 5.60. The van der Waals surface area contributed by atoms with Crippen molar-refractivity contribution >= 4 is 27.9 Å². The van der Waals surface area contributed by atoms with E-state index in [-0.39, 0.29) is 25.2 Å². The maximum atomic E-state index is 13.9. The van der Waals surface area contributed by atoms with Crippen LogP contribution in [0.3, 0.4) is 0 Å². The maximum absolute atomic E-state index is 13.9. The van der Waals surface area contributed by atoms with Crippen LogP contribution < -0.4 is 0 Å². The number of rotatable bonds is 6. The van der Waals surface area contributed by atoms with Gasteiger partial charge in [0.1, 0.15) is 5.82 Å². The van der Waals surface area contributed by atoms with Crippen molar-refractivity contribution in [1.29, 1.82) is 0 Å². The van der Waals surface area contributed by atoms with Gasteiger partial charge in [0, 0.05) is 10.9 Å². The molecule has 0 heterocycles. The molecule has 4 nitrogen and oxygen atoms in total. The molecule has 0 aliphatic heterocycles. The average molecular weight is 361 g/mol. The molecule has 1 aromatic carbocycles. The summed E-state index contributed by atoms with van der Waals surface area (Å²) in [5, 5.41) is 0. The minimum atomic E-state index is -1.57. The minimum absolute atomic E-state index is 0.121. The molecule has 0 saturated heterocycles. The third kappa shape index (κ3) is 4.27. The van der Waals surface area contributed by atoms with E-state index in [2.05, 4.69) is 15.9 Å². The van der Waals surface area contributed by atoms with E-state index < -0.39 is 23.2 Å². The van der Waals surface area contributed by atoms with E-state index in [1.54, 1.807) is 19.9 Å². The fourth-order valence-corrected chi connectivity index (χ4v) is 2.19. The molecule has 0 N–H and O–H groups in total. The first kappa shape index (κ1) is 17.6. The molecule has 0 saturated carbocycles. The molecule has 0 unspecified atom stereocenters. The van der Waals surface area contributed by atoms with Gasteiger partial charge in [0.25, 0.3) is 0 Å². The largest absolute Gasteiger partial charge is 0.465 e. The van der Waals surface area contributed by atoms with E-state index in [0.29, 0.717) is 4.47 Å². The Balaban J connectivity index is 3.12. The van der Waals surface area contributed by atoms with Crippen LogP contribution in [0.25, 0.3) is 0 Å². The van der Waals surface area contributed by atoms with Gasteiger partial charge in [-0.2, -0.15) is 0 Å². The van der Waals surface area contributed by atoms with Crippen molar-refractivity contribution in [2.75, 3.05) is 13.2 Å². The van der Waals surface area contributed by atoms with Crippen LogP contribution in [0, 0.1) is 11.2 Å². The summed E-state index contributed by atoms with van der Waals surface area (Å²) in [4.78, 5) is 24.2. The number of esters is 2. The minimum Gasteiger partial charge on any atom is -0.465 e. The summed E-state index contributed by atoms with van der Waals surface area (Å²) in [5.74, 6) is -1.93. The first-order valence-electron chi connectivity index (χ1n) is 6.63. The Hall–Kier alpha value is -1.43. The molecule has 0 aliphatic carbocycles. The highest BCUT2D eigenvalue weighted by atomic mass is 79.9. The second kappa shape index (κ2) is 7.54. The molecule has 6 heteroatoms. The normalized spacial score (nSPS) is 11.1. The van der Waals surface area contributed by atoms with Gasteiger partial charge in [-0.15, -0.1) is 0 Å². The Bertz CT molecular complexity index is 512. The average Bonchev–Trinajstić information content (AvgIpc) is 2.42. The Morgan fingerprint density at radius 1 is 1.19 bits per heavy atom. The molecule has 21 heavy (non-hydrogen) atoms. The lowest BCUT2D eigenvalue weighted by Crippen LogP contribution is -2.41. The highest BCUT2D eigenvalue weighted by molar-refractivity contribution is 9.10. The lowest BCUT2D eigenvalue weighted by molar-refractivity contribution is -0.170. The lowest BCUT2D eigenvalue weighted by Gasteiger charge is -2.25. The zero-order valence-corrected chi connectivity index (χ0v) is 13.8. The SMILES string of the molecule is CCOC(=O)C(C)(Cc1ccc(Br)cc1F)C(=O)OCC. The van der Waals surface area contributed by atoms with Gasteiger partial charge in [-0.3, -0.25) is 9.59 Å². The number of hydrogen-bond acceptors (Lipinski definition) is 4. The van der Waals surface area contributed by atoms with E-state index in [1.165, 1.54) is 19.1 Å². The monoisotopic (exact) mass is 360 g/mol. The Labute approximate surface area is 131 Å². The number of halogens is 2. The zero-order chi connectivity index (χ0) is 16.0. The summed E-state index contributed by atoms with van der Waals surface area (Å²) in [6.45, 7) is 4.96. The van der Waals surface area contributed by atoms with E-state index in [9.17, 15) is 14.0 Å². The van der Waals surface area contributed by atoms with Crippen LogP contribution in [0.4, 0.5) is 4.39 Å². The van der Waals surface area contributed by atoms with Gasteiger partial charge in [0.05, 0.1) is 13.2 Å². The van der Waals surface area contributed by atoms with Gasteiger partial charge in [-0.1, -0.05) is 22.0 Å². The predicted octanol–water partition coefficient (Wildman–Crippen LogP) is 3.26. The topological polar surface area (TPSA) is 52.6 Å². The molecule has 116 valence electrons. The number of carbonyl (C=O) groups is 2. The first-order chi connectivity index (χ1) is 9.85. The molecule has 0 atom stereocenters. The Kier molecular flexibility index (Phi) is 6.33.